The summed E-state index contributed by atoms with van der Waals surface area (Å²) in [5.74, 6) is -2.88. The Morgan fingerprint density at radius 1 is 1.26 bits per heavy atom. The first-order chi connectivity index (χ1) is 8.88. The van der Waals surface area contributed by atoms with Crippen molar-refractivity contribution in [2.24, 2.45) is 5.41 Å². The fourth-order valence-electron chi connectivity index (χ4n) is 2.36. The van der Waals surface area contributed by atoms with Crippen LogP contribution in [0, 0.1) is 5.41 Å². The lowest BCUT2D eigenvalue weighted by Crippen LogP contribution is -2.49. The third-order valence-electron chi connectivity index (χ3n) is 3.74. The number of hydrogen-bond donors (Lipinski definition) is 1. The van der Waals surface area contributed by atoms with E-state index in [1.54, 1.807) is 0 Å². The Kier molecular flexibility index (Phi) is 3.30. The van der Waals surface area contributed by atoms with Gasteiger partial charge in [0.2, 0.25) is 11.8 Å². The van der Waals surface area contributed by atoms with Crippen molar-refractivity contribution < 1.29 is 29.0 Å². The SMILES string of the molecule is CC(OC(=O)C1(C(=O)O)CCC1)N1C(=O)CCC1=O. The van der Waals surface area contributed by atoms with E-state index in [0.717, 1.165) is 4.90 Å². The molecule has 0 aromatic heterocycles. The van der Waals surface area contributed by atoms with Gasteiger partial charge in [0.05, 0.1) is 0 Å². The van der Waals surface area contributed by atoms with Crippen molar-refractivity contribution in [3.63, 3.8) is 0 Å². The van der Waals surface area contributed by atoms with Crippen LogP contribution in [0.5, 0.6) is 0 Å². The van der Waals surface area contributed by atoms with Crippen molar-refractivity contribution in [2.75, 3.05) is 0 Å². The minimum atomic E-state index is -1.50. The van der Waals surface area contributed by atoms with E-state index in [2.05, 4.69) is 0 Å². The van der Waals surface area contributed by atoms with E-state index in [1.165, 1.54) is 6.92 Å². The summed E-state index contributed by atoms with van der Waals surface area (Å²) >= 11 is 0. The van der Waals surface area contributed by atoms with Crippen molar-refractivity contribution in [1.82, 2.24) is 4.90 Å². The molecule has 1 heterocycles. The second-order valence-electron chi connectivity index (χ2n) is 4.90. The van der Waals surface area contributed by atoms with E-state index in [1.807, 2.05) is 0 Å². The predicted molar refractivity (Wildman–Crippen MR) is 60.6 cm³/mol. The molecule has 2 amide bonds. The molecule has 1 aliphatic heterocycles. The molecule has 0 bridgehead atoms. The quantitative estimate of drug-likeness (QED) is 0.447. The zero-order valence-corrected chi connectivity index (χ0v) is 10.5. The number of amides is 2. The Morgan fingerprint density at radius 3 is 2.16 bits per heavy atom. The van der Waals surface area contributed by atoms with Crippen LogP contribution in [-0.4, -0.2) is 40.0 Å². The van der Waals surface area contributed by atoms with Gasteiger partial charge in [-0.2, -0.15) is 0 Å². The van der Waals surface area contributed by atoms with Crippen LogP contribution in [0.25, 0.3) is 0 Å². The fourth-order valence-corrected chi connectivity index (χ4v) is 2.36. The number of aliphatic carboxylic acids is 1. The highest BCUT2D eigenvalue weighted by Gasteiger charge is 2.53. The van der Waals surface area contributed by atoms with E-state index in [-0.39, 0.29) is 25.7 Å². The van der Waals surface area contributed by atoms with Gasteiger partial charge in [-0.05, 0) is 26.2 Å². The summed E-state index contributed by atoms with van der Waals surface area (Å²) in [5, 5.41) is 9.09. The molecule has 0 radical (unpaired) electrons. The Hall–Kier alpha value is -1.92. The number of ether oxygens (including phenoxy) is 1. The van der Waals surface area contributed by atoms with Gasteiger partial charge in [-0.3, -0.25) is 19.2 Å². The van der Waals surface area contributed by atoms with Crippen LogP contribution in [0.3, 0.4) is 0 Å². The number of esters is 1. The summed E-state index contributed by atoms with van der Waals surface area (Å²) < 4.78 is 5.01. The Labute approximate surface area is 109 Å². The Balaban J connectivity index is 2.04. The van der Waals surface area contributed by atoms with Gasteiger partial charge in [0, 0.05) is 12.8 Å². The minimum absolute atomic E-state index is 0.102. The lowest BCUT2D eigenvalue weighted by atomic mass is 9.69. The summed E-state index contributed by atoms with van der Waals surface area (Å²) in [6, 6.07) is 0. The highest BCUT2D eigenvalue weighted by molar-refractivity contribution is 6.03. The number of hydrogen-bond acceptors (Lipinski definition) is 5. The molecule has 1 aliphatic carbocycles. The van der Waals surface area contributed by atoms with Gasteiger partial charge in [0.15, 0.2) is 11.6 Å². The summed E-state index contributed by atoms with van der Waals surface area (Å²) in [4.78, 5) is 46.9. The monoisotopic (exact) mass is 269 g/mol. The van der Waals surface area contributed by atoms with E-state index in [9.17, 15) is 19.2 Å². The van der Waals surface area contributed by atoms with Crippen molar-refractivity contribution in [2.45, 2.75) is 45.3 Å². The molecular formula is C12H15NO6. The summed E-state index contributed by atoms with van der Waals surface area (Å²) in [6.45, 7) is 1.40. The maximum Gasteiger partial charge on any atom is 0.325 e. The van der Waals surface area contributed by atoms with Crippen LogP contribution in [-0.2, 0) is 23.9 Å². The molecule has 2 aliphatic rings. The zero-order valence-electron chi connectivity index (χ0n) is 10.5. The maximum absolute atomic E-state index is 11.9. The van der Waals surface area contributed by atoms with E-state index in [4.69, 9.17) is 9.84 Å². The van der Waals surface area contributed by atoms with Gasteiger partial charge < -0.3 is 9.84 Å². The van der Waals surface area contributed by atoms with Crippen LogP contribution >= 0.6 is 0 Å². The molecule has 1 unspecified atom stereocenters. The molecule has 104 valence electrons. The standard InChI is InChI=1S/C12H15NO6/c1-7(13-8(14)3-4-9(13)15)19-11(18)12(10(16)17)5-2-6-12/h7H,2-6H2,1H3,(H,16,17). The molecule has 1 N–H and O–H groups in total. The number of carboxylic acids is 1. The highest BCUT2D eigenvalue weighted by atomic mass is 16.6. The van der Waals surface area contributed by atoms with Gasteiger partial charge in [-0.15, -0.1) is 0 Å². The second kappa shape index (κ2) is 4.64. The van der Waals surface area contributed by atoms with Crippen molar-refractivity contribution in [1.29, 1.82) is 0 Å². The Bertz CT molecular complexity index is 437. The number of nitrogens with zero attached hydrogens (tertiary/aromatic N) is 1. The first-order valence-corrected chi connectivity index (χ1v) is 6.18. The molecule has 1 atom stereocenters. The highest BCUT2D eigenvalue weighted by Crippen LogP contribution is 2.42. The molecule has 7 heteroatoms. The van der Waals surface area contributed by atoms with Crippen LogP contribution in [0.4, 0.5) is 0 Å². The molecule has 1 saturated carbocycles. The van der Waals surface area contributed by atoms with Crippen molar-refractivity contribution in [3.8, 4) is 0 Å². The van der Waals surface area contributed by atoms with Gasteiger partial charge in [0.25, 0.3) is 0 Å². The topological polar surface area (TPSA) is 101 Å². The van der Waals surface area contributed by atoms with E-state index >= 15 is 0 Å². The first-order valence-electron chi connectivity index (χ1n) is 6.18. The van der Waals surface area contributed by atoms with Crippen molar-refractivity contribution >= 4 is 23.8 Å². The minimum Gasteiger partial charge on any atom is -0.480 e. The van der Waals surface area contributed by atoms with E-state index in [0.29, 0.717) is 6.42 Å². The first kappa shape index (κ1) is 13.5. The maximum atomic E-state index is 11.9. The number of rotatable bonds is 4. The average Bonchev–Trinajstić information content (AvgIpc) is 2.55. The number of imide groups is 1. The normalized spacial score (nSPS) is 22.9. The zero-order chi connectivity index (χ0) is 14.2. The lowest BCUT2D eigenvalue weighted by molar-refractivity contribution is -0.185. The van der Waals surface area contributed by atoms with Gasteiger partial charge >= 0.3 is 11.9 Å². The third kappa shape index (κ3) is 2.09. The molecule has 1 saturated heterocycles. The molecule has 0 aromatic rings. The van der Waals surface area contributed by atoms with Crippen LogP contribution in [0.2, 0.25) is 0 Å². The molecule has 7 nitrogen and oxygen atoms in total. The molecular weight excluding hydrogens is 254 g/mol. The largest absolute Gasteiger partial charge is 0.480 e. The van der Waals surface area contributed by atoms with Gasteiger partial charge in [-0.25, -0.2) is 4.90 Å². The second-order valence-corrected chi connectivity index (χ2v) is 4.90. The molecule has 19 heavy (non-hydrogen) atoms. The lowest BCUT2D eigenvalue weighted by Gasteiger charge is -2.36. The summed E-state index contributed by atoms with van der Waals surface area (Å²) in [5.41, 5.74) is -1.50. The summed E-state index contributed by atoms with van der Waals surface area (Å²) in [6.07, 6.45) is 0.269. The van der Waals surface area contributed by atoms with Crippen molar-refractivity contribution in [3.05, 3.63) is 0 Å². The van der Waals surface area contributed by atoms with Gasteiger partial charge in [0.1, 0.15) is 0 Å². The number of carbonyl (C=O) groups excluding carboxylic acids is 3. The average molecular weight is 269 g/mol. The number of carbonyl (C=O) groups is 4. The summed E-state index contributed by atoms with van der Waals surface area (Å²) in [7, 11) is 0. The van der Waals surface area contributed by atoms with Crippen LogP contribution in [0.15, 0.2) is 0 Å². The molecule has 0 aromatic carbocycles. The van der Waals surface area contributed by atoms with Gasteiger partial charge in [-0.1, -0.05) is 0 Å². The molecule has 2 rings (SSSR count). The smallest absolute Gasteiger partial charge is 0.325 e. The third-order valence-corrected chi connectivity index (χ3v) is 3.74. The van der Waals surface area contributed by atoms with Crippen LogP contribution < -0.4 is 0 Å². The number of likely N-dealkylation sites (tertiary alicyclic amines) is 1. The Morgan fingerprint density at radius 2 is 1.79 bits per heavy atom. The van der Waals surface area contributed by atoms with E-state index < -0.39 is 35.4 Å². The number of carboxylic acid groups (broad SMARTS) is 1. The molecule has 0 spiro atoms. The van der Waals surface area contributed by atoms with Crippen LogP contribution in [0.1, 0.15) is 39.0 Å². The fraction of sp³-hybridized carbons (Fsp3) is 0.667. The molecule has 2 fully saturated rings. The predicted octanol–water partition coefficient (Wildman–Crippen LogP) is 0.279.